The molecule has 12 heavy (non-hydrogen) atoms. The molecule has 0 amide bonds. The average Bonchev–Trinajstić information content (AvgIpc) is 2.37. The molecule has 0 fully saturated rings. The van der Waals surface area contributed by atoms with Crippen molar-refractivity contribution >= 4 is 11.3 Å². The lowest BCUT2D eigenvalue weighted by Crippen LogP contribution is -2.39. The first-order chi connectivity index (χ1) is 5.50. The van der Waals surface area contributed by atoms with E-state index in [2.05, 4.69) is 0 Å². The Bertz CT molecular complexity index is 228. The van der Waals surface area contributed by atoms with Gasteiger partial charge in [0, 0.05) is 18.2 Å². The minimum absolute atomic E-state index is 0.251. The van der Waals surface area contributed by atoms with Crippen LogP contribution in [0.5, 0.6) is 0 Å². The molecule has 1 unspecified atom stereocenters. The fourth-order valence-electron chi connectivity index (χ4n) is 0.825. The molecule has 0 spiro atoms. The smallest absolute Gasteiger partial charge is 0.260 e. The second kappa shape index (κ2) is 3.49. The number of hydrogen-bond acceptors (Lipinski definition) is 2. The van der Waals surface area contributed by atoms with E-state index in [1.54, 1.807) is 0 Å². The number of thiophene rings is 1. The molecule has 0 saturated heterocycles. The Hall–Kier alpha value is -0.480. The lowest BCUT2D eigenvalue weighted by molar-refractivity contribution is -0.00490. The molecule has 0 saturated carbocycles. The van der Waals surface area contributed by atoms with Gasteiger partial charge in [-0.05, 0) is 11.4 Å². The maximum Gasteiger partial charge on any atom is 0.260 e. The van der Waals surface area contributed by atoms with Gasteiger partial charge < -0.3 is 5.73 Å². The lowest BCUT2D eigenvalue weighted by Gasteiger charge is -2.17. The van der Waals surface area contributed by atoms with Crippen molar-refractivity contribution < 1.29 is 8.78 Å². The molecule has 0 radical (unpaired) electrons. The number of alkyl halides is 2. The van der Waals surface area contributed by atoms with Crippen molar-refractivity contribution in [2.24, 2.45) is 5.73 Å². The monoisotopic (exact) mass is 191 g/mol. The minimum Gasteiger partial charge on any atom is -0.322 e. The molecule has 0 aliphatic rings. The summed E-state index contributed by atoms with van der Waals surface area (Å²) in [5, 5.41) is 1.86. The van der Waals surface area contributed by atoms with E-state index in [0.29, 0.717) is 0 Å². The first-order valence-electron chi connectivity index (χ1n) is 3.66. The van der Waals surface area contributed by atoms with Crippen LogP contribution in [0.15, 0.2) is 17.5 Å². The first kappa shape index (κ1) is 9.61. The van der Waals surface area contributed by atoms with Gasteiger partial charge in [-0.15, -0.1) is 11.3 Å². The zero-order chi connectivity index (χ0) is 9.19. The predicted octanol–water partition coefficient (Wildman–Crippen LogP) is 2.27. The molecular formula is C8H11F2NS. The maximum absolute atomic E-state index is 12.6. The standard InChI is InChI=1S/C8H11F2NS/c1-8(9,10)7(11)5-6-3-2-4-12-6/h2-4,7H,5,11H2,1H3. The van der Waals surface area contributed by atoms with Crippen LogP contribution in [-0.4, -0.2) is 12.0 Å². The molecule has 0 aromatic carbocycles. The van der Waals surface area contributed by atoms with Crippen LogP contribution < -0.4 is 5.73 Å². The van der Waals surface area contributed by atoms with E-state index in [9.17, 15) is 8.78 Å². The van der Waals surface area contributed by atoms with E-state index in [0.717, 1.165) is 11.8 Å². The Morgan fingerprint density at radius 2 is 2.33 bits per heavy atom. The molecule has 1 nitrogen and oxygen atoms in total. The normalized spacial score (nSPS) is 14.7. The van der Waals surface area contributed by atoms with Crippen molar-refractivity contribution in [3.8, 4) is 0 Å². The average molecular weight is 191 g/mol. The second-order valence-electron chi connectivity index (χ2n) is 2.85. The van der Waals surface area contributed by atoms with Crippen LogP contribution in [0.4, 0.5) is 8.78 Å². The maximum atomic E-state index is 12.6. The molecule has 0 aliphatic carbocycles. The molecule has 1 heterocycles. The van der Waals surface area contributed by atoms with Crippen LogP contribution in [0.25, 0.3) is 0 Å². The molecular weight excluding hydrogens is 180 g/mol. The largest absolute Gasteiger partial charge is 0.322 e. The second-order valence-corrected chi connectivity index (χ2v) is 3.88. The van der Waals surface area contributed by atoms with Gasteiger partial charge in [0.25, 0.3) is 5.92 Å². The fourth-order valence-corrected chi connectivity index (χ4v) is 1.59. The molecule has 0 aliphatic heterocycles. The highest BCUT2D eigenvalue weighted by atomic mass is 32.1. The molecule has 1 aromatic rings. The van der Waals surface area contributed by atoms with Crippen molar-refractivity contribution in [2.45, 2.75) is 25.3 Å². The van der Waals surface area contributed by atoms with Gasteiger partial charge in [0.1, 0.15) is 0 Å². The minimum atomic E-state index is -2.79. The number of rotatable bonds is 3. The van der Waals surface area contributed by atoms with Gasteiger partial charge in [-0.25, -0.2) is 8.78 Å². The highest BCUT2D eigenvalue weighted by molar-refractivity contribution is 7.09. The highest BCUT2D eigenvalue weighted by Crippen LogP contribution is 2.20. The van der Waals surface area contributed by atoms with Gasteiger partial charge in [-0.3, -0.25) is 0 Å². The van der Waals surface area contributed by atoms with Gasteiger partial charge in [0.2, 0.25) is 0 Å². The Labute approximate surface area is 74.2 Å². The van der Waals surface area contributed by atoms with Crippen molar-refractivity contribution in [3.63, 3.8) is 0 Å². The molecule has 68 valence electrons. The molecule has 0 bridgehead atoms. The summed E-state index contributed by atoms with van der Waals surface area (Å²) in [5.41, 5.74) is 5.30. The van der Waals surface area contributed by atoms with E-state index in [-0.39, 0.29) is 6.42 Å². The Balaban J connectivity index is 2.53. The molecule has 1 rings (SSSR count). The van der Waals surface area contributed by atoms with Gasteiger partial charge in [-0.2, -0.15) is 0 Å². The number of halogens is 2. The fraction of sp³-hybridized carbons (Fsp3) is 0.500. The van der Waals surface area contributed by atoms with E-state index in [1.807, 2.05) is 17.5 Å². The summed E-state index contributed by atoms with van der Waals surface area (Å²) in [6, 6.07) is 2.58. The van der Waals surface area contributed by atoms with E-state index < -0.39 is 12.0 Å². The van der Waals surface area contributed by atoms with Crippen molar-refractivity contribution in [2.75, 3.05) is 0 Å². The summed E-state index contributed by atoms with van der Waals surface area (Å²) in [7, 11) is 0. The number of nitrogens with two attached hydrogens (primary N) is 1. The van der Waals surface area contributed by atoms with Crippen LogP contribution >= 0.6 is 11.3 Å². The molecule has 1 aromatic heterocycles. The van der Waals surface area contributed by atoms with E-state index in [1.165, 1.54) is 11.3 Å². The third-order valence-corrected chi connectivity index (χ3v) is 2.55. The van der Waals surface area contributed by atoms with Gasteiger partial charge in [0.05, 0.1) is 6.04 Å². The lowest BCUT2D eigenvalue weighted by atomic mass is 10.1. The summed E-state index contributed by atoms with van der Waals surface area (Å²) >= 11 is 1.45. The van der Waals surface area contributed by atoms with E-state index >= 15 is 0 Å². The zero-order valence-corrected chi connectivity index (χ0v) is 7.57. The van der Waals surface area contributed by atoms with Crippen LogP contribution in [-0.2, 0) is 6.42 Å². The summed E-state index contributed by atoms with van der Waals surface area (Å²) < 4.78 is 25.2. The van der Waals surface area contributed by atoms with Crippen LogP contribution in [0, 0.1) is 0 Å². The zero-order valence-electron chi connectivity index (χ0n) is 6.76. The molecule has 2 N–H and O–H groups in total. The Kier molecular flexibility index (Phi) is 2.80. The van der Waals surface area contributed by atoms with Crippen molar-refractivity contribution in [1.29, 1.82) is 0 Å². The molecule has 4 heteroatoms. The predicted molar refractivity (Wildman–Crippen MR) is 46.6 cm³/mol. The quantitative estimate of drug-likeness (QED) is 0.779. The van der Waals surface area contributed by atoms with Crippen molar-refractivity contribution in [1.82, 2.24) is 0 Å². The van der Waals surface area contributed by atoms with Crippen LogP contribution in [0.1, 0.15) is 11.8 Å². The van der Waals surface area contributed by atoms with Crippen LogP contribution in [0.3, 0.4) is 0 Å². The van der Waals surface area contributed by atoms with E-state index in [4.69, 9.17) is 5.73 Å². The molecule has 1 atom stereocenters. The first-order valence-corrected chi connectivity index (χ1v) is 4.54. The van der Waals surface area contributed by atoms with Gasteiger partial charge >= 0.3 is 0 Å². The summed E-state index contributed by atoms with van der Waals surface area (Å²) in [6.45, 7) is 0.852. The topological polar surface area (TPSA) is 26.0 Å². The Morgan fingerprint density at radius 1 is 1.67 bits per heavy atom. The summed E-state index contributed by atoms with van der Waals surface area (Å²) in [6.07, 6.45) is 0.251. The summed E-state index contributed by atoms with van der Waals surface area (Å²) in [5.74, 6) is -2.79. The third-order valence-electron chi connectivity index (χ3n) is 1.65. The van der Waals surface area contributed by atoms with Gasteiger partial charge in [-0.1, -0.05) is 6.07 Å². The summed E-state index contributed by atoms with van der Waals surface area (Å²) in [4.78, 5) is 0.907. The van der Waals surface area contributed by atoms with Gasteiger partial charge in [0.15, 0.2) is 0 Å². The third kappa shape index (κ3) is 2.53. The number of hydrogen-bond donors (Lipinski definition) is 1. The Morgan fingerprint density at radius 3 is 2.75 bits per heavy atom. The van der Waals surface area contributed by atoms with Crippen LogP contribution in [0.2, 0.25) is 0 Å². The van der Waals surface area contributed by atoms with Crippen molar-refractivity contribution in [3.05, 3.63) is 22.4 Å². The highest BCUT2D eigenvalue weighted by Gasteiger charge is 2.30. The SMILES string of the molecule is CC(F)(F)C(N)Cc1cccs1.